The first-order valence-electron chi connectivity index (χ1n) is 7.70. The molecular formula is C21H14O2. The summed E-state index contributed by atoms with van der Waals surface area (Å²) >= 11 is 0. The molecule has 0 aliphatic rings. The summed E-state index contributed by atoms with van der Waals surface area (Å²) in [5.41, 5.74) is 5.03. The quantitative estimate of drug-likeness (QED) is 0.362. The second kappa shape index (κ2) is 4.50. The van der Waals surface area contributed by atoms with E-state index in [0.717, 1.165) is 44.2 Å². The smallest absolute Gasteiger partial charge is 0.136 e. The van der Waals surface area contributed by atoms with Gasteiger partial charge in [-0.25, -0.2) is 0 Å². The summed E-state index contributed by atoms with van der Waals surface area (Å²) in [6, 6.07) is 22.7. The molecule has 0 saturated heterocycles. The summed E-state index contributed by atoms with van der Waals surface area (Å²) in [4.78, 5) is 0. The number of hydrogen-bond donors (Lipinski definition) is 0. The van der Waals surface area contributed by atoms with Crippen molar-refractivity contribution in [3.63, 3.8) is 0 Å². The predicted octanol–water partition coefficient (Wildman–Crippen LogP) is 6.31. The van der Waals surface area contributed by atoms with Gasteiger partial charge in [-0.2, -0.15) is 0 Å². The van der Waals surface area contributed by atoms with E-state index in [0.29, 0.717) is 0 Å². The SMILES string of the molecule is Cc1ccc(-c2cc3cc4oc5ccccc5c4cc3o2)cc1. The van der Waals surface area contributed by atoms with Gasteiger partial charge in [0.15, 0.2) is 0 Å². The van der Waals surface area contributed by atoms with Gasteiger partial charge in [-0.05, 0) is 31.2 Å². The molecule has 2 heteroatoms. The third-order valence-corrected chi connectivity index (χ3v) is 4.35. The van der Waals surface area contributed by atoms with E-state index in [-0.39, 0.29) is 0 Å². The highest BCUT2D eigenvalue weighted by molar-refractivity contribution is 6.09. The van der Waals surface area contributed by atoms with Crippen LogP contribution >= 0.6 is 0 Å². The summed E-state index contributed by atoms with van der Waals surface area (Å²) in [7, 11) is 0. The first-order valence-corrected chi connectivity index (χ1v) is 7.70. The van der Waals surface area contributed by atoms with Crippen molar-refractivity contribution in [3.8, 4) is 11.3 Å². The molecule has 0 bridgehead atoms. The lowest BCUT2D eigenvalue weighted by Crippen LogP contribution is -1.74. The predicted molar refractivity (Wildman–Crippen MR) is 93.7 cm³/mol. The van der Waals surface area contributed by atoms with Crippen molar-refractivity contribution in [1.29, 1.82) is 0 Å². The summed E-state index contributed by atoms with van der Waals surface area (Å²) in [6.07, 6.45) is 0. The Morgan fingerprint density at radius 3 is 2.35 bits per heavy atom. The fourth-order valence-corrected chi connectivity index (χ4v) is 3.12. The topological polar surface area (TPSA) is 26.3 Å². The Balaban J connectivity index is 1.76. The molecule has 0 atom stereocenters. The Morgan fingerprint density at radius 1 is 0.652 bits per heavy atom. The highest BCUT2D eigenvalue weighted by atomic mass is 16.3. The lowest BCUT2D eigenvalue weighted by atomic mass is 10.1. The van der Waals surface area contributed by atoms with Gasteiger partial charge in [0.25, 0.3) is 0 Å². The minimum Gasteiger partial charge on any atom is -0.456 e. The number of rotatable bonds is 1. The number of fused-ring (bicyclic) bond motifs is 4. The molecule has 0 N–H and O–H groups in total. The van der Waals surface area contributed by atoms with E-state index in [4.69, 9.17) is 8.83 Å². The summed E-state index contributed by atoms with van der Waals surface area (Å²) < 4.78 is 12.0. The highest BCUT2D eigenvalue weighted by Crippen LogP contribution is 2.35. The van der Waals surface area contributed by atoms with Gasteiger partial charge in [0, 0.05) is 21.7 Å². The molecule has 5 aromatic rings. The zero-order valence-electron chi connectivity index (χ0n) is 12.7. The van der Waals surface area contributed by atoms with Gasteiger partial charge in [0.05, 0.1) is 0 Å². The van der Waals surface area contributed by atoms with Crippen molar-refractivity contribution in [2.45, 2.75) is 6.92 Å². The minimum atomic E-state index is 0.886. The summed E-state index contributed by atoms with van der Waals surface area (Å²) in [5.74, 6) is 0.886. The van der Waals surface area contributed by atoms with Crippen LogP contribution in [-0.4, -0.2) is 0 Å². The van der Waals surface area contributed by atoms with Gasteiger partial charge in [-0.15, -0.1) is 0 Å². The molecule has 0 radical (unpaired) electrons. The van der Waals surface area contributed by atoms with Crippen molar-refractivity contribution < 1.29 is 8.83 Å². The molecule has 110 valence electrons. The average molecular weight is 298 g/mol. The molecule has 0 aliphatic carbocycles. The minimum absolute atomic E-state index is 0.886. The molecule has 2 heterocycles. The van der Waals surface area contributed by atoms with Crippen molar-refractivity contribution in [1.82, 2.24) is 0 Å². The van der Waals surface area contributed by atoms with E-state index in [1.54, 1.807) is 0 Å². The van der Waals surface area contributed by atoms with Gasteiger partial charge in [0.1, 0.15) is 22.5 Å². The Labute approximate surface area is 132 Å². The average Bonchev–Trinajstić information content (AvgIpc) is 3.13. The Bertz CT molecular complexity index is 1160. The number of para-hydroxylation sites is 1. The van der Waals surface area contributed by atoms with Crippen molar-refractivity contribution in [2.75, 3.05) is 0 Å². The van der Waals surface area contributed by atoms with Crippen LogP contribution in [0.1, 0.15) is 5.56 Å². The van der Waals surface area contributed by atoms with Gasteiger partial charge in [-0.3, -0.25) is 0 Å². The van der Waals surface area contributed by atoms with Gasteiger partial charge >= 0.3 is 0 Å². The molecule has 0 fully saturated rings. The molecule has 0 saturated carbocycles. The van der Waals surface area contributed by atoms with E-state index < -0.39 is 0 Å². The fourth-order valence-electron chi connectivity index (χ4n) is 3.12. The standard InChI is InChI=1S/C21H14O2/c1-13-6-8-14(9-7-13)19-10-15-11-21-17(12-20(15)23-19)16-4-2-3-5-18(16)22-21/h2-12H,1H3. The second-order valence-electron chi connectivity index (χ2n) is 5.96. The first-order chi connectivity index (χ1) is 11.3. The first kappa shape index (κ1) is 12.5. The number of benzene rings is 3. The van der Waals surface area contributed by atoms with Crippen LogP contribution in [0, 0.1) is 6.92 Å². The van der Waals surface area contributed by atoms with Crippen LogP contribution in [0.5, 0.6) is 0 Å². The van der Waals surface area contributed by atoms with E-state index in [1.165, 1.54) is 5.56 Å². The number of hydrogen-bond acceptors (Lipinski definition) is 2. The van der Waals surface area contributed by atoms with Crippen LogP contribution in [0.15, 0.2) is 75.6 Å². The zero-order valence-corrected chi connectivity index (χ0v) is 12.7. The van der Waals surface area contributed by atoms with E-state index in [1.807, 2.05) is 18.2 Å². The van der Waals surface area contributed by atoms with Gasteiger partial charge in [0.2, 0.25) is 0 Å². The van der Waals surface area contributed by atoms with Crippen LogP contribution in [0.4, 0.5) is 0 Å². The molecule has 2 nitrogen and oxygen atoms in total. The monoisotopic (exact) mass is 298 g/mol. The van der Waals surface area contributed by atoms with E-state index in [2.05, 4.69) is 55.5 Å². The van der Waals surface area contributed by atoms with Crippen LogP contribution in [0.2, 0.25) is 0 Å². The molecule has 3 aromatic carbocycles. The maximum atomic E-state index is 6.08. The third-order valence-electron chi connectivity index (χ3n) is 4.35. The summed E-state index contributed by atoms with van der Waals surface area (Å²) in [6.45, 7) is 2.09. The fraction of sp³-hybridized carbons (Fsp3) is 0.0476. The highest BCUT2D eigenvalue weighted by Gasteiger charge is 2.12. The van der Waals surface area contributed by atoms with Gasteiger partial charge in [-0.1, -0.05) is 48.0 Å². The molecule has 0 spiro atoms. The lowest BCUT2D eigenvalue weighted by molar-refractivity contribution is 0.631. The molecule has 5 rings (SSSR count). The summed E-state index contributed by atoms with van der Waals surface area (Å²) in [5, 5.41) is 3.28. The van der Waals surface area contributed by atoms with Crippen molar-refractivity contribution >= 4 is 32.9 Å². The van der Waals surface area contributed by atoms with Crippen LogP contribution in [-0.2, 0) is 0 Å². The third kappa shape index (κ3) is 1.88. The number of aryl methyl sites for hydroxylation is 1. The van der Waals surface area contributed by atoms with Crippen LogP contribution < -0.4 is 0 Å². The molecule has 0 aliphatic heterocycles. The normalized spacial score (nSPS) is 11.7. The Morgan fingerprint density at radius 2 is 1.48 bits per heavy atom. The molecule has 2 aromatic heterocycles. The largest absolute Gasteiger partial charge is 0.456 e. The molecule has 23 heavy (non-hydrogen) atoms. The zero-order chi connectivity index (χ0) is 15.4. The van der Waals surface area contributed by atoms with Crippen molar-refractivity contribution in [2.24, 2.45) is 0 Å². The van der Waals surface area contributed by atoms with Crippen LogP contribution in [0.25, 0.3) is 44.2 Å². The molecular weight excluding hydrogens is 284 g/mol. The van der Waals surface area contributed by atoms with Crippen molar-refractivity contribution in [3.05, 3.63) is 72.3 Å². The molecule has 0 unspecified atom stereocenters. The van der Waals surface area contributed by atoms with Gasteiger partial charge < -0.3 is 8.83 Å². The van der Waals surface area contributed by atoms with E-state index >= 15 is 0 Å². The number of furan rings is 2. The molecule has 0 amide bonds. The maximum absolute atomic E-state index is 6.08. The van der Waals surface area contributed by atoms with E-state index in [9.17, 15) is 0 Å². The lowest BCUT2D eigenvalue weighted by Gasteiger charge is -1.96. The Kier molecular flexibility index (Phi) is 2.45. The van der Waals surface area contributed by atoms with Crippen LogP contribution in [0.3, 0.4) is 0 Å². The maximum Gasteiger partial charge on any atom is 0.136 e. The second-order valence-corrected chi connectivity index (χ2v) is 5.96. The Hall–Kier alpha value is -3.00.